The summed E-state index contributed by atoms with van der Waals surface area (Å²) in [4.78, 5) is 19.3. The van der Waals surface area contributed by atoms with Crippen molar-refractivity contribution in [3.63, 3.8) is 0 Å². The fourth-order valence-electron chi connectivity index (χ4n) is 6.48. The normalized spacial score (nSPS) is 30.8. The van der Waals surface area contributed by atoms with Crippen molar-refractivity contribution in [1.82, 2.24) is 4.98 Å². The van der Waals surface area contributed by atoms with Gasteiger partial charge in [0.25, 0.3) is 5.91 Å². The van der Waals surface area contributed by atoms with Gasteiger partial charge in [0.1, 0.15) is 9.71 Å². The second-order valence-electron chi connectivity index (χ2n) is 9.01. The van der Waals surface area contributed by atoms with Crippen LogP contribution in [-0.4, -0.2) is 16.4 Å². The van der Waals surface area contributed by atoms with Crippen molar-refractivity contribution in [2.75, 3.05) is 5.32 Å². The number of carbonyl (C=O) groups is 1. The third kappa shape index (κ3) is 2.54. The van der Waals surface area contributed by atoms with Gasteiger partial charge in [-0.15, -0.1) is 22.7 Å². The maximum Gasteiger partial charge on any atom is 0.259 e. The Morgan fingerprint density at radius 1 is 1.14 bits per heavy atom. The Morgan fingerprint density at radius 3 is 2.54 bits per heavy atom. The van der Waals surface area contributed by atoms with Gasteiger partial charge in [-0.3, -0.25) is 4.79 Å². The summed E-state index contributed by atoms with van der Waals surface area (Å²) < 4.78 is 0. The lowest BCUT2D eigenvalue weighted by Gasteiger charge is -2.57. The zero-order chi connectivity index (χ0) is 18.9. The maximum atomic E-state index is 12.2. The molecule has 1 amide bonds. The highest BCUT2D eigenvalue weighted by Gasteiger charge is 2.51. The van der Waals surface area contributed by atoms with E-state index in [0.717, 1.165) is 44.1 Å². The number of fused-ring (bicyclic) bond motifs is 1. The smallest absolute Gasteiger partial charge is 0.259 e. The number of thiophene rings is 2. The van der Waals surface area contributed by atoms with Crippen LogP contribution in [0.2, 0.25) is 0 Å². The molecule has 3 aromatic rings. The largest absolute Gasteiger partial charge is 0.378 e. The highest BCUT2D eigenvalue weighted by molar-refractivity contribution is 7.22. The second kappa shape index (κ2) is 6.04. The fraction of sp³-hybridized carbons (Fsp3) is 0.455. The van der Waals surface area contributed by atoms with Crippen LogP contribution in [0.4, 0.5) is 5.69 Å². The summed E-state index contributed by atoms with van der Waals surface area (Å²) in [5.41, 5.74) is 8.11. The predicted molar refractivity (Wildman–Crippen MR) is 116 cm³/mol. The Bertz CT molecular complexity index is 1050. The zero-order valence-electron chi connectivity index (χ0n) is 15.6. The lowest BCUT2D eigenvalue weighted by molar-refractivity contribution is 0.0107. The lowest BCUT2D eigenvalue weighted by atomic mass is 9.53. The minimum absolute atomic E-state index is 0.238. The molecule has 0 radical (unpaired) electrons. The third-order valence-electron chi connectivity index (χ3n) is 7.02. The Labute approximate surface area is 172 Å². The SMILES string of the molecule is NC(=O)c1sc2ncccc2c1-c1sccc1NC12CC3CC(CC(C3)C1)C2. The molecule has 0 atom stereocenters. The Balaban J connectivity index is 1.44. The molecule has 7 rings (SSSR count). The van der Waals surface area contributed by atoms with E-state index in [9.17, 15) is 4.79 Å². The van der Waals surface area contributed by atoms with E-state index in [1.165, 1.54) is 49.9 Å². The highest BCUT2D eigenvalue weighted by atomic mass is 32.1. The van der Waals surface area contributed by atoms with E-state index >= 15 is 0 Å². The number of pyridine rings is 1. The number of rotatable bonds is 4. The number of carbonyl (C=O) groups excluding carboxylic acids is 1. The van der Waals surface area contributed by atoms with Crippen molar-refractivity contribution in [2.45, 2.75) is 44.1 Å². The van der Waals surface area contributed by atoms with Gasteiger partial charge in [0, 0.05) is 22.7 Å². The van der Waals surface area contributed by atoms with Crippen LogP contribution >= 0.6 is 22.7 Å². The summed E-state index contributed by atoms with van der Waals surface area (Å²) in [6, 6.07) is 6.17. The van der Waals surface area contributed by atoms with Gasteiger partial charge in [-0.1, -0.05) is 0 Å². The van der Waals surface area contributed by atoms with Gasteiger partial charge in [-0.25, -0.2) is 4.98 Å². The average molecular weight is 410 g/mol. The Hall–Kier alpha value is -1.92. The minimum atomic E-state index is -0.368. The predicted octanol–water partition coefficient (Wildman–Crippen LogP) is 5.50. The third-order valence-corrected chi connectivity index (χ3v) is 9.08. The molecule has 4 aliphatic rings. The first-order valence-electron chi connectivity index (χ1n) is 10.1. The number of aromatic nitrogens is 1. The van der Waals surface area contributed by atoms with E-state index in [-0.39, 0.29) is 11.4 Å². The molecule has 0 spiro atoms. The number of hydrogen-bond donors (Lipinski definition) is 2. The molecule has 144 valence electrons. The molecule has 3 N–H and O–H groups in total. The maximum absolute atomic E-state index is 12.2. The van der Waals surface area contributed by atoms with Crippen LogP contribution < -0.4 is 11.1 Å². The summed E-state index contributed by atoms with van der Waals surface area (Å²) in [6.07, 6.45) is 9.96. The van der Waals surface area contributed by atoms with Gasteiger partial charge >= 0.3 is 0 Å². The van der Waals surface area contributed by atoms with E-state index in [0.29, 0.717) is 4.88 Å². The topological polar surface area (TPSA) is 68.0 Å². The van der Waals surface area contributed by atoms with E-state index in [1.807, 2.05) is 6.07 Å². The Morgan fingerprint density at radius 2 is 1.86 bits per heavy atom. The van der Waals surface area contributed by atoms with Crippen LogP contribution in [0.1, 0.15) is 48.2 Å². The fourth-order valence-corrected chi connectivity index (χ4v) is 8.46. The van der Waals surface area contributed by atoms with Crippen molar-refractivity contribution in [1.29, 1.82) is 0 Å². The van der Waals surface area contributed by atoms with E-state index in [4.69, 9.17) is 5.73 Å². The second-order valence-corrected chi connectivity index (χ2v) is 10.9. The first-order chi connectivity index (χ1) is 13.6. The van der Waals surface area contributed by atoms with Crippen molar-refractivity contribution in [2.24, 2.45) is 23.5 Å². The van der Waals surface area contributed by atoms with Crippen molar-refractivity contribution >= 4 is 44.5 Å². The van der Waals surface area contributed by atoms with Crippen LogP contribution in [0.3, 0.4) is 0 Å². The highest BCUT2D eigenvalue weighted by Crippen LogP contribution is 2.57. The number of amides is 1. The molecule has 4 aliphatic carbocycles. The van der Waals surface area contributed by atoms with E-state index in [1.54, 1.807) is 17.5 Å². The first-order valence-corrected chi connectivity index (χ1v) is 11.8. The van der Waals surface area contributed by atoms with Crippen LogP contribution in [0.15, 0.2) is 29.8 Å². The molecular weight excluding hydrogens is 386 g/mol. The lowest BCUT2D eigenvalue weighted by Crippen LogP contribution is -2.54. The monoisotopic (exact) mass is 409 g/mol. The summed E-state index contributed by atoms with van der Waals surface area (Å²) in [6.45, 7) is 0. The number of hydrogen-bond acceptors (Lipinski definition) is 5. The molecule has 4 bridgehead atoms. The quantitative estimate of drug-likeness (QED) is 0.597. The van der Waals surface area contributed by atoms with Crippen LogP contribution in [0.25, 0.3) is 20.7 Å². The molecule has 3 heterocycles. The van der Waals surface area contributed by atoms with Gasteiger partial charge in [-0.2, -0.15) is 0 Å². The summed E-state index contributed by atoms with van der Waals surface area (Å²) in [7, 11) is 0. The van der Waals surface area contributed by atoms with Gasteiger partial charge in [0.2, 0.25) is 0 Å². The molecule has 4 fully saturated rings. The molecule has 0 unspecified atom stereocenters. The van der Waals surface area contributed by atoms with Crippen LogP contribution in [0, 0.1) is 17.8 Å². The van der Waals surface area contributed by atoms with Crippen molar-refractivity contribution in [3.8, 4) is 10.4 Å². The van der Waals surface area contributed by atoms with Gasteiger partial charge < -0.3 is 11.1 Å². The molecular formula is C22H23N3OS2. The molecule has 6 heteroatoms. The van der Waals surface area contributed by atoms with Gasteiger partial charge in [0.15, 0.2) is 0 Å². The zero-order valence-corrected chi connectivity index (χ0v) is 17.2. The Kier molecular flexibility index (Phi) is 3.66. The average Bonchev–Trinajstić information content (AvgIpc) is 3.23. The molecule has 3 aromatic heterocycles. The number of nitrogens with one attached hydrogen (secondary N) is 1. The standard InChI is InChI=1S/C22H23N3OS2/c23-20(26)19-17(15-2-1-4-24-21(15)28-19)18-16(3-5-27-18)25-22-9-12-6-13(10-22)8-14(7-12)11-22/h1-5,12-14,25H,6-11H2,(H2,23,26). The van der Waals surface area contributed by atoms with E-state index < -0.39 is 0 Å². The summed E-state index contributed by atoms with van der Waals surface area (Å²) in [5.74, 6) is 2.32. The van der Waals surface area contributed by atoms with Gasteiger partial charge in [0.05, 0.1) is 10.6 Å². The van der Waals surface area contributed by atoms with Crippen LogP contribution in [-0.2, 0) is 0 Å². The minimum Gasteiger partial charge on any atom is -0.378 e. The van der Waals surface area contributed by atoms with Crippen LogP contribution in [0.5, 0.6) is 0 Å². The molecule has 0 aliphatic heterocycles. The first kappa shape index (κ1) is 17.0. The molecule has 0 aromatic carbocycles. The number of nitrogens with zero attached hydrogens (tertiary/aromatic N) is 1. The van der Waals surface area contributed by atoms with Crippen molar-refractivity contribution < 1.29 is 4.79 Å². The van der Waals surface area contributed by atoms with Crippen molar-refractivity contribution in [3.05, 3.63) is 34.7 Å². The number of nitrogens with two attached hydrogens (primary N) is 1. The number of anilines is 1. The van der Waals surface area contributed by atoms with Gasteiger partial charge in [-0.05, 0) is 79.9 Å². The molecule has 0 saturated heterocycles. The summed E-state index contributed by atoms with van der Waals surface area (Å²) in [5, 5.41) is 7.15. The van der Waals surface area contributed by atoms with E-state index in [2.05, 4.69) is 27.8 Å². The number of primary amides is 1. The molecule has 28 heavy (non-hydrogen) atoms. The molecule has 4 nitrogen and oxygen atoms in total. The molecule has 4 saturated carbocycles. The summed E-state index contributed by atoms with van der Waals surface area (Å²) >= 11 is 3.09.